The van der Waals surface area contributed by atoms with Crippen LogP contribution in [0.2, 0.25) is 0 Å². The number of halogens is 1. The van der Waals surface area contributed by atoms with Crippen molar-refractivity contribution in [2.75, 3.05) is 11.4 Å². The van der Waals surface area contributed by atoms with E-state index in [9.17, 15) is 4.79 Å². The topological polar surface area (TPSA) is 20.3 Å². The Morgan fingerprint density at radius 1 is 1.22 bits per heavy atom. The fourth-order valence-corrected chi connectivity index (χ4v) is 5.81. The number of carbonyl (C=O) groups is 1. The number of thiophene rings is 1. The Bertz CT molecular complexity index is 821. The number of hydrogen-bond acceptors (Lipinski definition) is 2. The summed E-state index contributed by atoms with van der Waals surface area (Å²) >= 11 is 5.32. The summed E-state index contributed by atoms with van der Waals surface area (Å²) in [5.41, 5.74) is 5.34. The SMILES string of the molecule is Cc1c(Br)cccc1N1CCc2c(sc3c2CC(C)(C)C3)C1=O. The summed E-state index contributed by atoms with van der Waals surface area (Å²) in [7, 11) is 0. The summed E-state index contributed by atoms with van der Waals surface area (Å²) in [6.07, 6.45) is 3.22. The molecule has 2 aliphatic rings. The van der Waals surface area contributed by atoms with E-state index in [0.29, 0.717) is 5.41 Å². The number of fused-ring (bicyclic) bond motifs is 3. The predicted octanol–water partition coefficient (Wildman–Crippen LogP) is 5.15. The van der Waals surface area contributed by atoms with Gasteiger partial charge in [0.2, 0.25) is 0 Å². The van der Waals surface area contributed by atoms with Gasteiger partial charge >= 0.3 is 0 Å². The molecular formula is C19H20BrNOS. The summed E-state index contributed by atoms with van der Waals surface area (Å²) < 4.78 is 1.06. The Hall–Kier alpha value is -1.13. The largest absolute Gasteiger partial charge is 0.307 e. The van der Waals surface area contributed by atoms with Gasteiger partial charge in [-0.25, -0.2) is 0 Å². The Morgan fingerprint density at radius 3 is 2.78 bits per heavy atom. The van der Waals surface area contributed by atoms with E-state index < -0.39 is 0 Å². The van der Waals surface area contributed by atoms with Gasteiger partial charge in [0.05, 0.1) is 4.88 Å². The Morgan fingerprint density at radius 2 is 2.00 bits per heavy atom. The zero-order valence-corrected chi connectivity index (χ0v) is 16.1. The highest BCUT2D eigenvalue weighted by atomic mass is 79.9. The molecule has 120 valence electrons. The van der Waals surface area contributed by atoms with Crippen LogP contribution >= 0.6 is 27.3 Å². The van der Waals surface area contributed by atoms with Crippen molar-refractivity contribution in [1.82, 2.24) is 0 Å². The summed E-state index contributed by atoms with van der Waals surface area (Å²) in [4.78, 5) is 17.5. The first-order valence-electron chi connectivity index (χ1n) is 8.08. The van der Waals surface area contributed by atoms with Crippen molar-refractivity contribution < 1.29 is 4.79 Å². The van der Waals surface area contributed by atoms with Crippen LogP contribution < -0.4 is 4.90 Å². The molecule has 23 heavy (non-hydrogen) atoms. The molecule has 4 rings (SSSR count). The maximum Gasteiger partial charge on any atom is 0.268 e. The van der Waals surface area contributed by atoms with Gasteiger partial charge in [0.1, 0.15) is 0 Å². The quantitative estimate of drug-likeness (QED) is 0.660. The fourth-order valence-electron chi connectivity index (χ4n) is 3.88. The lowest BCUT2D eigenvalue weighted by Crippen LogP contribution is -2.37. The molecular weight excluding hydrogens is 370 g/mol. The van der Waals surface area contributed by atoms with Crippen molar-refractivity contribution in [2.24, 2.45) is 5.41 Å². The molecule has 1 aromatic heterocycles. The van der Waals surface area contributed by atoms with Crippen molar-refractivity contribution >= 4 is 38.9 Å². The summed E-state index contributed by atoms with van der Waals surface area (Å²) in [5.74, 6) is 0.185. The molecule has 1 aliphatic heterocycles. The molecule has 1 amide bonds. The number of nitrogens with zero attached hydrogens (tertiary/aromatic N) is 1. The average Bonchev–Trinajstić information content (AvgIpc) is 2.96. The fraction of sp³-hybridized carbons (Fsp3) is 0.421. The second kappa shape index (κ2) is 5.18. The van der Waals surface area contributed by atoms with Crippen LogP contribution in [-0.4, -0.2) is 12.5 Å². The van der Waals surface area contributed by atoms with Gasteiger partial charge in [-0.1, -0.05) is 35.8 Å². The highest BCUT2D eigenvalue weighted by Crippen LogP contribution is 2.45. The van der Waals surface area contributed by atoms with Crippen molar-refractivity contribution in [3.8, 4) is 0 Å². The number of amides is 1. The molecule has 0 fully saturated rings. The van der Waals surface area contributed by atoms with Crippen molar-refractivity contribution in [2.45, 2.75) is 40.0 Å². The lowest BCUT2D eigenvalue weighted by molar-refractivity contribution is 0.0984. The van der Waals surface area contributed by atoms with Gasteiger partial charge in [0.15, 0.2) is 0 Å². The first kappa shape index (κ1) is 15.4. The van der Waals surface area contributed by atoms with Gasteiger partial charge in [0.25, 0.3) is 5.91 Å². The standard InChI is InChI=1S/C19H20BrNOS/c1-11-14(20)5-4-6-15(11)21-8-7-12-13-9-19(2,3)10-16(13)23-17(12)18(21)22/h4-6H,7-10H2,1-3H3. The van der Waals surface area contributed by atoms with Crippen LogP contribution in [0.25, 0.3) is 0 Å². The number of hydrogen-bond donors (Lipinski definition) is 0. The van der Waals surface area contributed by atoms with E-state index in [1.54, 1.807) is 11.3 Å². The summed E-state index contributed by atoms with van der Waals surface area (Å²) in [5, 5.41) is 0. The van der Waals surface area contributed by atoms with Gasteiger partial charge in [0, 0.05) is 21.6 Å². The van der Waals surface area contributed by atoms with E-state index in [1.807, 2.05) is 23.1 Å². The summed E-state index contributed by atoms with van der Waals surface area (Å²) in [6.45, 7) is 7.51. The molecule has 0 bridgehead atoms. The number of carbonyl (C=O) groups excluding carboxylic acids is 1. The average molecular weight is 390 g/mol. The van der Waals surface area contributed by atoms with Crippen LogP contribution in [0, 0.1) is 12.3 Å². The molecule has 1 aliphatic carbocycles. The second-order valence-corrected chi connectivity index (χ2v) is 9.38. The van der Waals surface area contributed by atoms with Gasteiger partial charge in [-0.3, -0.25) is 4.79 Å². The first-order chi connectivity index (χ1) is 10.9. The Balaban J connectivity index is 1.73. The van der Waals surface area contributed by atoms with Gasteiger partial charge in [-0.15, -0.1) is 11.3 Å². The zero-order valence-electron chi connectivity index (χ0n) is 13.7. The monoisotopic (exact) mass is 389 g/mol. The molecule has 2 aromatic rings. The highest BCUT2D eigenvalue weighted by Gasteiger charge is 2.38. The van der Waals surface area contributed by atoms with Crippen molar-refractivity contribution in [1.29, 1.82) is 0 Å². The van der Waals surface area contributed by atoms with E-state index in [4.69, 9.17) is 0 Å². The van der Waals surface area contributed by atoms with E-state index >= 15 is 0 Å². The number of rotatable bonds is 1. The van der Waals surface area contributed by atoms with Gasteiger partial charge in [-0.2, -0.15) is 0 Å². The van der Waals surface area contributed by atoms with Crippen LogP contribution in [0.3, 0.4) is 0 Å². The molecule has 0 N–H and O–H groups in total. The minimum absolute atomic E-state index is 0.185. The second-order valence-electron chi connectivity index (χ2n) is 7.42. The molecule has 0 spiro atoms. The lowest BCUT2D eigenvalue weighted by Gasteiger charge is -2.29. The molecule has 0 unspecified atom stereocenters. The molecule has 0 radical (unpaired) electrons. The third kappa shape index (κ3) is 2.38. The maximum atomic E-state index is 13.1. The molecule has 4 heteroatoms. The smallest absolute Gasteiger partial charge is 0.268 e. The molecule has 0 atom stereocenters. The van der Waals surface area contributed by atoms with Crippen molar-refractivity contribution in [3.05, 3.63) is 49.1 Å². The van der Waals surface area contributed by atoms with Crippen LogP contribution in [0.1, 0.15) is 45.1 Å². The van der Waals surface area contributed by atoms with Crippen molar-refractivity contribution in [3.63, 3.8) is 0 Å². The van der Waals surface area contributed by atoms with Crippen LogP contribution in [-0.2, 0) is 19.3 Å². The van der Waals surface area contributed by atoms with E-state index in [2.05, 4.69) is 36.7 Å². The van der Waals surface area contributed by atoms with E-state index in [-0.39, 0.29) is 5.91 Å². The normalized spacial score (nSPS) is 19.0. The maximum absolute atomic E-state index is 13.1. The van der Waals surface area contributed by atoms with E-state index in [0.717, 1.165) is 46.4 Å². The molecule has 2 heterocycles. The van der Waals surface area contributed by atoms with E-state index in [1.165, 1.54) is 16.0 Å². The minimum Gasteiger partial charge on any atom is -0.307 e. The third-order valence-corrected chi connectivity index (χ3v) is 7.17. The van der Waals surface area contributed by atoms with Crippen LogP contribution in [0.15, 0.2) is 22.7 Å². The molecule has 1 aromatic carbocycles. The number of anilines is 1. The van der Waals surface area contributed by atoms with Gasteiger partial charge < -0.3 is 4.90 Å². The minimum atomic E-state index is 0.185. The van der Waals surface area contributed by atoms with Crippen LogP contribution in [0.4, 0.5) is 5.69 Å². The first-order valence-corrected chi connectivity index (χ1v) is 9.69. The zero-order chi connectivity index (χ0) is 16.4. The molecule has 0 saturated carbocycles. The Kier molecular flexibility index (Phi) is 3.47. The molecule has 0 saturated heterocycles. The highest BCUT2D eigenvalue weighted by molar-refractivity contribution is 9.10. The predicted molar refractivity (Wildman–Crippen MR) is 99.8 cm³/mol. The lowest BCUT2D eigenvalue weighted by atomic mass is 9.89. The Labute approximate surface area is 149 Å². The van der Waals surface area contributed by atoms with Crippen LogP contribution in [0.5, 0.6) is 0 Å². The van der Waals surface area contributed by atoms with Gasteiger partial charge in [-0.05, 0) is 60.4 Å². The number of benzene rings is 1. The molecule has 2 nitrogen and oxygen atoms in total. The third-order valence-electron chi connectivity index (χ3n) is 5.05. The summed E-state index contributed by atoms with van der Waals surface area (Å²) in [6, 6.07) is 6.08.